The minimum Gasteiger partial charge on any atom is -0.454 e. The van der Waals surface area contributed by atoms with E-state index in [0.29, 0.717) is 24.3 Å². The van der Waals surface area contributed by atoms with Crippen molar-refractivity contribution >= 4 is 35.2 Å². The van der Waals surface area contributed by atoms with Gasteiger partial charge >= 0.3 is 5.97 Å². The number of aryl methyl sites for hydroxylation is 1. The normalized spacial score (nSPS) is 23.0. The molecule has 2 aliphatic heterocycles. The minimum absolute atomic E-state index is 0.0508. The van der Waals surface area contributed by atoms with E-state index in [1.54, 1.807) is 22.7 Å². The fourth-order valence-corrected chi connectivity index (χ4v) is 5.58. The Morgan fingerprint density at radius 2 is 1.90 bits per heavy atom. The number of hydrogen-bond donors (Lipinski definition) is 1. The molecule has 0 spiro atoms. The summed E-state index contributed by atoms with van der Waals surface area (Å²) in [6.07, 6.45) is 1.07. The number of ether oxygens (including phenoxy) is 1. The van der Waals surface area contributed by atoms with Crippen LogP contribution >= 0.6 is 11.8 Å². The van der Waals surface area contributed by atoms with Crippen LogP contribution in [0, 0.1) is 6.92 Å². The van der Waals surface area contributed by atoms with Gasteiger partial charge in [0.1, 0.15) is 10.9 Å². The molecular weight excluding hydrogens is 388 g/mol. The van der Waals surface area contributed by atoms with Crippen LogP contribution in [0.25, 0.3) is 0 Å². The number of nitrogens with one attached hydrogen (secondary N) is 1. The Morgan fingerprint density at radius 3 is 2.66 bits per heavy atom. The zero-order valence-corrected chi connectivity index (χ0v) is 16.9. The monoisotopic (exact) mass is 410 g/mol. The summed E-state index contributed by atoms with van der Waals surface area (Å²) < 4.78 is 5.28. The lowest BCUT2D eigenvalue weighted by Gasteiger charge is -2.33. The molecule has 7 heteroatoms. The Morgan fingerprint density at radius 1 is 1.17 bits per heavy atom. The summed E-state index contributed by atoms with van der Waals surface area (Å²) in [4.78, 5) is 38.6. The number of nitrogens with zero attached hydrogens (tertiary/aromatic N) is 1. The van der Waals surface area contributed by atoms with Crippen LogP contribution in [0.5, 0.6) is 0 Å². The Bertz CT molecular complexity index is 949. The average Bonchev–Trinajstić information content (AvgIpc) is 3.28. The molecule has 6 nitrogen and oxygen atoms in total. The number of benzene rings is 2. The van der Waals surface area contributed by atoms with Crippen LogP contribution in [0.15, 0.2) is 54.6 Å². The number of carbonyl (C=O) groups is 3. The van der Waals surface area contributed by atoms with E-state index in [9.17, 15) is 14.4 Å². The van der Waals surface area contributed by atoms with E-state index < -0.39 is 22.8 Å². The summed E-state index contributed by atoms with van der Waals surface area (Å²) in [5.74, 6) is -0.533. The van der Waals surface area contributed by atoms with Crippen LogP contribution in [-0.2, 0) is 24.0 Å². The molecule has 0 aromatic heterocycles. The molecule has 2 fully saturated rings. The molecule has 2 atom stereocenters. The minimum atomic E-state index is -0.679. The predicted molar refractivity (Wildman–Crippen MR) is 111 cm³/mol. The van der Waals surface area contributed by atoms with Gasteiger partial charge in [0.25, 0.3) is 5.91 Å². The highest BCUT2D eigenvalue weighted by molar-refractivity contribution is 8.00. The fraction of sp³-hybridized carbons (Fsp3) is 0.318. The lowest BCUT2D eigenvalue weighted by Crippen LogP contribution is -2.47. The Kier molecular flexibility index (Phi) is 5.32. The molecule has 4 rings (SSSR count). The second-order valence-corrected chi connectivity index (χ2v) is 8.51. The van der Waals surface area contributed by atoms with E-state index in [2.05, 4.69) is 5.32 Å². The van der Waals surface area contributed by atoms with Gasteiger partial charge in [-0.05, 0) is 30.5 Å². The zero-order chi connectivity index (χ0) is 20.4. The van der Waals surface area contributed by atoms with Gasteiger partial charge in [-0.15, -0.1) is 11.8 Å². The van der Waals surface area contributed by atoms with Crippen LogP contribution in [0.4, 0.5) is 5.69 Å². The molecule has 0 saturated carbocycles. The highest BCUT2D eigenvalue weighted by Crippen LogP contribution is 2.54. The van der Waals surface area contributed by atoms with Crippen molar-refractivity contribution in [1.29, 1.82) is 0 Å². The summed E-state index contributed by atoms with van der Waals surface area (Å²) >= 11 is 1.60. The van der Waals surface area contributed by atoms with Crippen LogP contribution in [-0.4, -0.2) is 41.1 Å². The standard InChI is InChI=1S/C22H22N2O4S/c1-15-7-5-6-10-17(15)23-19(25)13-28-21(27)18-14-29-22(12-11-20(26)24(18)22)16-8-3-2-4-9-16/h2-10,18H,11-14H2,1H3,(H,23,25)/t18-,22+/m1/s1. The third-order valence-electron chi connectivity index (χ3n) is 5.39. The van der Waals surface area contributed by atoms with Gasteiger partial charge in [0, 0.05) is 17.9 Å². The van der Waals surface area contributed by atoms with E-state index in [0.717, 1.165) is 11.1 Å². The molecule has 2 amide bonds. The molecular formula is C22H22N2O4S. The number of anilines is 1. The largest absolute Gasteiger partial charge is 0.454 e. The first-order valence-corrected chi connectivity index (χ1v) is 10.5. The van der Waals surface area contributed by atoms with E-state index >= 15 is 0 Å². The van der Waals surface area contributed by atoms with Crippen LogP contribution in [0.2, 0.25) is 0 Å². The molecule has 1 N–H and O–H groups in total. The summed E-state index contributed by atoms with van der Waals surface area (Å²) in [5.41, 5.74) is 2.63. The summed E-state index contributed by atoms with van der Waals surface area (Å²) in [7, 11) is 0. The summed E-state index contributed by atoms with van der Waals surface area (Å²) in [6.45, 7) is 1.51. The summed E-state index contributed by atoms with van der Waals surface area (Å²) in [5, 5.41) is 2.74. The van der Waals surface area contributed by atoms with Gasteiger partial charge in [-0.2, -0.15) is 0 Å². The average molecular weight is 410 g/mol. The third kappa shape index (κ3) is 3.62. The maximum absolute atomic E-state index is 12.7. The smallest absolute Gasteiger partial charge is 0.330 e. The molecule has 29 heavy (non-hydrogen) atoms. The van der Waals surface area contributed by atoms with E-state index in [1.807, 2.05) is 55.5 Å². The lowest BCUT2D eigenvalue weighted by atomic mass is 10.0. The Balaban J connectivity index is 1.42. The molecule has 0 aliphatic carbocycles. The van der Waals surface area contributed by atoms with Gasteiger partial charge in [0.15, 0.2) is 6.61 Å². The van der Waals surface area contributed by atoms with E-state index in [-0.39, 0.29) is 12.5 Å². The second kappa shape index (κ2) is 7.91. The first-order valence-electron chi connectivity index (χ1n) is 9.55. The molecule has 2 aromatic carbocycles. The maximum Gasteiger partial charge on any atom is 0.330 e. The number of amides is 2. The van der Waals surface area contributed by atoms with Crippen molar-refractivity contribution in [2.24, 2.45) is 0 Å². The zero-order valence-electron chi connectivity index (χ0n) is 16.1. The molecule has 2 aromatic rings. The Labute approximate surface area is 173 Å². The topological polar surface area (TPSA) is 75.7 Å². The number of thioether (sulfide) groups is 1. The van der Waals surface area contributed by atoms with Gasteiger partial charge in [-0.1, -0.05) is 48.5 Å². The fourth-order valence-electron chi connectivity index (χ4n) is 3.95. The highest BCUT2D eigenvalue weighted by Gasteiger charge is 2.57. The highest BCUT2D eigenvalue weighted by atomic mass is 32.2. The molecule has 0 radical (unpaired) electrons. The second-order valence-electron chi connectivity index (χ2n) is 7.21. The quantitative estimate of drug-likeness (QED) is 0.767. The van der Waals surface area contributed by atoms with Crippen molar-refractivity contribution in [3.8, 4) is 0 Å². The van der Waals surface area contributed by atoms with Gasteiger partial charge < -0.3 is 15.0 Å². The third-order valence-corrected chi connectivity index (χ3v) is 6.99. The number of carbonyl (C=O) groups excluding carboxylic acids is 3. The van der Waals surface area contributed by atoms with Crippen molar-refractivity contribution in [1.82, 2.24) is 4.90 Å². The van der Waals surface area contributed by atoms with E-state index in [1.165, 1.54) is 0 Å². The number of fused-ring (bicyclic) bond motifs is 1. The van der Waals surface area contributed by atoms with Crippen molar-refractivity contribution in [3.63, 3.8) is 0 Å². The Hall–Kier alpha value is -2.80. The number of esters is 1. The maximum atomic E-state index is 12.7. The van der Waals surface area contributed by atoms with Gasteiger partial charge in [0.05, 0.1) is 0 Å². The SMILES string of the molecule is Cc1ccccc1NC(=O)COC(=O)[C@H]1CS[C@]2(c3ccccc3)CCC(=O)N12. The van der Waals surface area contributed by atoms with Gasteiger partial charge in [-0.3, -0.25) is 9.59 Å². The predicted octanol–water partition coefficient (Wildman–Crippen LogP) is 3.07. The lowest BCUT2D eigenvalue weighted by molar-refractivity contribution is -0.155. The van der Waals surface area contributed by atoms with Crippen molar-refractivity contribution in [2.75, 3.05) is 17.7 Å². The molecule has 2 heterocycles. The first-order chi connectivity index (χ1) is 14.0. The van der Waals surface area contributed by atoms with E-state index in [4.69, 9.17) is 4.74 Å². The number of rotatable bonds is 5. The molecule has 150 valence electrons. The molecule has 2 saturated heterocycles. The van der Waals surface area contributed by atoms with Gasteiger partial charge in [0.2, 0.25) is 5.91 Å². The van der Waals surface area contributed by atoms with Crippen LogP contribution in [0.3, 0.4) is 0 Å². The summed E-state index contributed by atoms with van der Waals surface area (Å²) in [6, 6.07) is 16.5. The number of para-hydroxylation sites is 1. The van der Waals surface area contributed by atoms with Crippen LogP contribution < -0.4 is 5.32 Å². The van der Waals surface area contributed by atoms with Crippen molar-refractivity contribution < 1.29 is 19.1 Å². The van der Waals surface area contributed by atoms with Crippen LogP contribution in [0.1, 0.15) is 24.0 Å². The van der Waals surface area contributed by atoms with Crippen molar-refractivity contribution in [2.45, 2.75) is 30.7 Å². The molecule has 0 unspecified atom stereocenters. The van der Waals surface area contributed by atoms with Gasteiger partial charge in [-0.25, -0.2) is 4.79 Å². The molecule has 0 bridgehead atoms. The number of hydrogen-bond acceptors (Lipinski definition) is 5. The van der Waals surface area contributed by atoms with Crippen molar-refractivity contribution in [3.05, 3.63) is 65.7 Å². The molecule has 2 aliphatic rings. The first kappa shape index (κ1) is 19.5.